The van der Waals surface area contributed by atoms with E-state index in [1.807, 2.05) is 37.3 Å². The minimum atomic E-state index is -0.320. The number of hydrazone groups is 1. The van der Waals surface area contributed by atoms with Gasteiger partial charge >= 0.3 is 0 Å². The van der Waals surface area contributed by atoms with E-state index >= 15 is 0 Å². The van der Waals surface area contributed by atoms with Crippen LogP contribution in [-0.2, 0) is 10.2 Å². The lowest BCUT2D eigenvalue weighted by molar-refractivity contribution is -0.123. The van der Waals surface area contributed by atoms with Crippen molar-refractivity contribution in [1.29, 1.82) is 0 Å². The maximum absolute atomic E-state index is 12.2. The van der Waals surface area contributed by atoms with Crippen LogP contribution < -0.4 is 19.6 Å². The predicted octanol–water partition coefficient (Wildman–Crippen LogP) is 5.09. The molecule has 1 aliphatic rings. The van der Waals surface area contributed by atoms with Gasteiger partial charge in [-0.25, -0.2) is 5.43 Å². The standard InChI is InChI=1S/C26H34N2O4/c1-18(19-7-12-22-23(15-19)31-14-13-30-22)27-28-24(29)16-32-21-10-8-20(9-11-21)26(5,6)17-25(2,3)4/h7-12,15H,13-14,16-17H2,1-6H3,(H,28,29)/b27-18-. The minimum absolute atomic E-state index is 0.0637. The van der Waals surface area contributed by atoms with Gasteiger partial charge in [0, 0.05) is 5.56 Å². The average Bonchev–Trinajstić information content (AvgIpc) is 2.74. The SMILES string of the molecule is C/C(=N/NC(=O)COc1ccc(C(C)(C)CC(C)(C)C)cc1)c1ccc2c(c1)OCCO2. The van der Waals surface area contributed by atoms with Crippen LogP contribution >= 0.6 is 0 Å². The topological polar surface area (TPSA) is 69.2 Å². The molecule has 6 heteroatoms. The van der Waals surface area contributed by atoms with Crippen molar-refractivity contribution in [2.24, 2.45) is 10.5 Å². The van der Waals surface area contributed by atoms with Crippen molar-refractivity contribution >= 4 is 11.6 Å². The molecule has 0 atom stereocenters. The van der Waals surface area contributed by atoms with Crippen LogP contribution in [0.25, 0.3) is 0 Å². The van der Waals surface area contributed by atoms with Crippen molar-refractivity contribution in [1.82, 2.24) is 5.43 Å². The summed E-state index contributed by atoms with van der Waals surface area (Å²) in [7, 11) is 0. The molecular weight excluding hydrogens is 404 g/mol. The van der Waals surface area contributed by atoms with Gasteiger partial charge in [0.1, 0.15) is 19.0 Å². The van der Waals surface area contributed by atoms with E-state index in [9.17, 15) is 4.79 Å². The summed E-state index contributed by atoms with van der Waals surface area (Å²) in [5.41, 5.74) is 5.63. The molecule has 0 radical (unpaired) electrons. The van der Waals surface area contributed by atoms with E-state index in [0.29, 0.717) is 30.4 Å². The molecule has 0 aromatic heterocycles. The van der Waals surface area contributed by atoms with Crippen molar-refractivity contribution < 1.29 is 19.0 Å². The van der Waals surface area contributed by atoms with Crippen LogP contribution in [0.4, 0.5) is 0 Å². The molecule has 0 fully saturated rings. The van der Waals surface area contributed by atoms with Gasteiger partial charge in [0.2, 0.25) is 0 Å². The molecule has 0 aliphatic carbocycles. The Morgan fingerprint density at radius 1 is 1.00 bits per heavy atom. The van der Waals surface area contributed by atoms with E-state index < -0.39 is 0 Å². The monoisotopic (exact) mass is 438 g/mol. The van der Waals surface area contributed by atoms with Gasteiger partial charge in [-0.05, 0) is 60.1 Å². The summed E-state index contributed by atoms with van der Waals surface area (Å²) >= 11 is 0. The fourth-order valence-corrected chi connectivity index (χ4v) is 4.09. The first-order chi connectivity index (χ1) is 15.0. The second kappa shape index (κ2) is 9.63. The zero-order chi connectivity index (χ0) is 23.4. The summed E-state index contributed by atoms with van der Waals surface area (Å²) in [6.45, 7) is 14.1. The molecule has 172 valence electrons. The normalized spacial score (nSPS) is 14.1. The molecule has 6 nitrogen and oxygen atoms in total. The number of carbonyl (C=O) groups excluding carboxylic acids is 1. The number of amides is 1. The fourth-order valence-electron chi connectivity index (χ4n) is 4.09. The van der Waals surface area contributed by atoms with Gasteiger partial charge in [-0.3, -0.25) is 4.79 Å². The van der Waals surface area contributed by atoms with Gasteiger partial charge in [-0.15, -0.1) is 0 Å². The Balaban J connectivity index is 1.52. The number of rotatable bonds is 7. The molecule has 1 aliphatic heterocycles. The summed E-state index contributed by atoms with van der Waals surface area (Å²) in [6.07, 6.45) is 1.07. The van der Waals surface area contributed by atoms with Crippen LogP contribution in [0.1, 0.15) is 59.1 Å². The Bertz CT molecular complexity index is 972. The van der Waals surface area contributed by atoms with E-state index in [4.69, 9.17) is 14.2 Å². The number of fused-ring (bicyclic) bond motifs is 1. The highest BCUT2D eigenvalue weighted by Crippen LogP contribution is 2.36. The van der Waals surface area contributed by atoms with Crippen LogP contribution in [0.2, 0.25) is 0 Å². The smallest absolute Gasteiger partial charge is 0.277 e. The van der Waals surface area contributed by atoms with E-state index in [1.165, 1.54) is 5.56 Å². The molecule has 32 heavy (non-hydrogen) atoms. The summed E-state index contributed by atoms with van der Waals surface area (Å²) < 4.78 is 16.8. The van der Waals surface area contributed by atoms with Gasteiger partial charge in [0.15, 0.2) is 18.1 Å². The minimum Gasteiger partial charge on any atom is -0.486 e. The van der Waals surface area contributed by atoms with E-state index in [2.05, 4.69) is 57.3 Å². The lowest BCUT2D eigenvalue weighted by atomic mass is 9.72. The van der Waals surface area contributed by atoms with Crippen molar-refractivity contribution in [3.63, 3.8) is 0 Å². The third-order valence-electron chi connectivity index (χ3n) is 5.29. The van der Waals surface area contributed by atoms with E-state index in [-0.39, 0.29) is 23.3 Å². The maximum atomic E-state index is 12.2. The summed E-state index contributed by atoms with van der Waals surface area (Å²) in [6, 6.07) is 13.6. The van der Waals surface area contributed by atoms with Crippen LogP contribution in [0, 0.1) is 5.41 Å². The molecule has 0 bridgehead atoms. The molecule has 0 saturated carbocycles. The Morgan fingerprint density at radius 2 is 1.66 bits per heavy atom. The zero-order valence-corrected chi connectivity index (χ0v) is 20.0. The second-order valence-electron chi connectivity index (χ2n) is 10.0. The van der Waals surface area contributed by atoms with Crippen LogP contribution in [-0.4, -0.2) is 31.4 Å². The summed E-state index contributed by atoms with van der Waals surface area (Å²) in [5, 5.41) is 4.18. The van der Waals surface area contributed by atoms with Crippen molar-refractivity contribution in [2.45, 2.75) is 53.4 Å². The maximum Gasteiger partial charge on any atom is 0.277 e. The quantitative estimate of drug-likeness (QED) is 0.483. The van der Waals surface area contributed by atoms with Gasteiger partial charge < -0.3 is 14.2 Å². The number of carbonyl (C=O) groups is 1. The van der Waals surface area contributed by atoms with Gasteiger partial charge in [-0.2, -0.15) is 5.10 Å². The number of hydrogen-bond acceptors (Lipinski definition) is 5. The molecule has 2 aromatic carbocycles. The number of benzene rings is 2. The predicted molar refractivity (Wildman–Crippen MR) is 127 cm³/mol. The van der Waals surface area contributed by atoms with E-state index in [1.54, 1.807) is 0 Å². The number of nitrogens with zero attached hydrogens (tertiary/aromatic N) is 1. The molecule has 0 saturated heterocycles. The Kier molecular flexibility index (Phi) is 7.12. The largest absolute Gasteiger partial charge is 0.486 e. The third kappa shape index (κ3) is 6.49. The number of ether oxygens (including phenoxy) is 3. The molecule has 0 spiro atoms. The Hall–Kier alpha value is -3.02. The highest BCUT2D eigenvalue weighted by atomic mass is 16.6. The van der Waals surface area contributed by atoms with Crippen LogP contribution in [0.15, 0.2) is 47.6 Å². The van der Waals surface area contributed by atoms with Crippen molar-refractivity contribution in [2.75, 3.05) is 19.8 Å². The zero-order valence-electron chi connectivity index (χ0n) is 20.0. The molecule has 2 aromatic rings. The first kappa shape index (κ1) is 23.6. The summed E-state index contributed by atoms with van der Waals surface area (Å²) in [4.78, 5) is 12.2. The van der Waals surface area contributed by atoms with Gasteiger partial charge in [0.25, 0.3) is 5.91 Å². The first-order valence-electron chi connectivity index (χ1n) is 11.0. The average molecular weight is 439 g/mol. The molecular formula is C26H34N2O4. The van der Waals surface area contributed by atoms with Gasteiger partial charge in [0.05, 0.1) is 5.71 Å². The van der Waals surface area contributed by atoms with Crippen LogP contribution in [0.3, 0.4) is 0 Å². The van der Waals surface area contributed by atoms with Gasteiger partial charge in [-0.1, -0.05) is 46.8 Å². The van der Waals surface area contributed by atoms with Crippen molar-refractivity contribution in [3.05, 3.63) is 53.6 Å². The fraction of sp³-hybridized carbons (Fsp3) is 0.462. The number of nitrogens with one attached hydrogen (secondary N) is 1. The molecule has 1 heterocycles. The van der Waals surface area contributed by atoms with E-state index in [0.717, 1.165) is 17.7 Å². The lowest BCUT2D eigenvalue weighted by Crippen LogP contribution is -2.26. The number of hydrogen-bond donors (Lipinski definition) is 1. The van der Waals surface area contributed by atoms with Crippen molar-refractivity contribution in [3.8, 4) is 17.2 Å². The molecule has 3 rings (SSSR count). The molecule has 0 unspecified atom stereocenters. The highest BCUT2D eigenvalue weighted by molar-refractivity contribution is 5.99. The first-order valence-corrected chi connectivity index (χ1v) is 11.0. The van der Waals surface area contributed by atoms with Crippen LogP contribution in [0.5, 0.6) is 17.2 Å². The Morgan fingerprint density at radius 3 is 2.31 bits per heavy atom. The highest BCUT2D eigenvalue weighted by Gasteiger charge is 2.27. The molecule has 1 N–H and O–H groups in total. The third-order valence-corrected chi connectivity index (χ3v) is 5.29. The molecule has 1 amide bonds. The second-order valence-corrected chi connectivity index (χ2v) is 10.0. The lowest BCUT2D eigenvalue weighted by Gasteiger charge is -2.33. The Labute approximate surface area is 191 Å². The summed E-state index contributed by atoms with van der Waals surface area (Å²) in [5.74, 6) is 1.74.